The monoisotopic (exact) mass is 236 g/mol. The smallest absolute Gasteiger partial charge is 0.119 e. The maximum absolute atomic E-state index is 9.65. The van der Waals surface area contributed by atoms with Crippen molar-refractivity contribution in [2.24, 2.45) is 5.41 Å². The first-order valence-corrected chi connectivity index (χ1v) is 5.64. The van der Waals surface area contributed by atoms with Crippen molar-refractivity contribution >= 4 is 0 Å². The summed E-state index contributed by atoms with van der Waals surface area (Å²) in [6.45, 7) is 5.91. The van der Waals surface area contributed by atoms with Gasteiger partial charge in [-0.2, -0.15) is 0 Å². The number of rotatable bonds is 4. The highest BCUT2D eigenvalue weighted by Gasteiger charge is 2.13. The minimum Gasteiger partial charge on any atom is -0.508 e. The van der Waals surface area contributed by atoms with Gasteiger partial charge in [0.15, 0.2) is 0 Å². The topological polar surface area (TPSA) is 60.7 Å². The van der Waals surface area contributed by atoms with Gasteiger partial charge in [0, 0.05) is 11.0 Å². The average Bonchev–Trinajstić information content (AvgIpc) is 2.23. The maximum Gasteiger partial charge on any atom is 0.119 e. The van der Waals surface area contributed by atoms with Gasteiger partial charge in [0.2, 0.25) is 0 Å². The Kier molecular flexibility index (Phi) is 4.18. The van der Waals surface area contributed by atoms with Crippen LogP contribution in [-0.4, -0.2) is 21.9 Å². The molecule has 1 aromatic rings. The molecular weight excluding hydrogens is 216 g/mol. The number of aliphatic hydroxyl groups is 1. The van der Waals surface area contributed by atoms with Crippen molar-refractivity contribution in [1.82, 2.24) is 0 Å². The van der Waals surface area contributed by atoms with E-state index < -0.39 is 0 Å². The summed E-state index contributed by atoms with van der Waals surface area (Å²) in [4.78, 5) is 0. The van der Waals surface area contributed by atoms with E-state index in [-0.39, 0.29) is 23.5 Å². The third-order valence-corrected chi connectivity index (χ3v) is 2.58. The molecule has 0 saturated carbocycles. The normalized spacial score (nSPS) is 12.8. The summed E-state index contributed by atoms with van der Waals surface area (Å²) < 4.78 is 0. The molecule has 0 aromatic heterocycles. The Bertz CT molecular complexity index is 419. The second kappa shape index (κ2) is 5.23. The molecule has 3 N–H and O–H groups in total. The maximum atomic E-state index is 9.65. The van der Waals surface area contributed by atoms with Gasteiger partial charge in [-0.15, -0.1) is 0 Å². The van der Waals surface area contributed by atoms with E-state index in [4.69, 9.17) is 0 Å². The minimum atomic E-state index is -0.267. The summed E-state index contributed by atoms with van der Waals surface area (Å²) in [5, 5.41) is 28.2. The minimum absolute atomic E-state index is 0.0797. The quantitative estimate of drug-likeness (QED) is 0.556. The van der Waals surface area contributed by atoms with Crippen molar-refractivity contribution in [3.05, 3.63) is 35.4 Å². The Hall–Kier alpha value is -1.48. The highest BCUT2D eigenvalue weighted by Crippen LogP contribution is 2.26. The zero-order valence-corrected chi connectivity index (χ0v) is 10.6. The molecule has 0 unspecified atom stereocenters. The van der Waals surface area contributed by atoms with Crippen LogP contribution in [0, 0.1) is 5.41 Å². The summed E-state index contributed by atoms with van der Waals surface area (Å²) in [5.41, 5.74) is 1.47. The van der Waals surface area contributed by atoms with Crippen molar-refractivity contribution in [2.45, 2.75) is 27.2 Å². The van der Waals surface area contributed by atoms with Crippen molar-refractivity contribution in [3.8, 4) is 11.5 Å². The fourth-order valence-electron chi connectivity index (χ4n) is 1.78. The average molecular weight is 236 g/mol. The van der Waals surface area contributed by atoms with Gasteiger partial charge >= 0.3 is 0 Å². The van der Waals surface area contributed by atoms with Crippen LogP contribution >= 0.6 is 0 Å². The second-order valence-corrected chi connectivity index (χ2v) is 5.13. The first kappa shape index (κ1) is 13.6. The molecule has 1 rings (SSSR count). The van der Waals surface area contributed by atoms with E-state index in [1.807, 2.05) is 26.8 Å². The number of allylic oxidation sites excluding steroid dienone is 1. The van der Waals surface area contributed by atoms with Crippen LogP contribution in [0.25, 0.3) is 0 Å². The van der Waals surface area contributed by atoms with Gasteiger partial charge in [-0.1, -0.05) is 25.5 Å². The van der Waals surface area contributed by atoms with Gasteiger partial charge in [-0.05, 0) is 31.5 Å². The lowest BCUT2D eigenvalue weighted by atomic mass is 9.90. The van der Waals surface area contributed by atoms with E-state index >= 15 is 0 Å². The zero-order valence-electron chi connectivity index (χ0n) is 10.6. The van der Waals surface area contributed by atoms with Gasteiger partial charge in [0.25, 0.3) is 0 Å². The van der Waals surface area contributed by atoms with Gasteiger partial charge in [-0.3, -0.25) is 0 Å². The van der Waals surface area contributed by atoms with Crippen molar-refractivity contribution < 1.29 is 15.3 Å². The number of benzene rings is 1. The number of phenols is 2. The van der Waals surface area contributed by atoms with Crippen LogP contribution in [0.15, 0.2) is 29.8 Å². The van der Waals surface area contributed by atoms with Crippen molar-refractivity contribution in [1.29, 1.82) is 0 Å². The van der Waals surface area contributed by atoms with Gasteiger partial charge < -0.3 is 15.3 Å². The predicted octanol–water partition coefficient (Wildman–Crippen LogP) is 2.61. The Morgan fingerprint density at radius 2 is 1.94 bits per heavy atom. The van der Waals surface area contributed by atoms with Crippen LogP contribution in [-0.2, 0) is 6.42 Å². The van der Waals surface area contributed by atoms with Gasteiger partial charge in [0.05, 0.1) is 6.61 Å². The third-order valence-electron chi connectivity index (χ3n) is 2.58. The summed E-state index contributed by atoms with van der Waals surface area (Å²) >= 11 is 0. The summed E-state index contributed by atoms with van der Waals surface area (Å²) in [5.74, 6) is 0.323. The van der Waals surface area contributed by atoms with E-state index in [1.54, 1.807) is 6.07 Å². The molecule has 0 saturated heterocycles. The van der Waals surface area contributed by atoms with E-state index in [0.717, 1.165) is 5.57 Å². The molecule has 17 heavy (non-hydrogen) atoms. The first-order chi connectivity index (χ1) is 7.84. The molecule has 0 aliphatic heterocycles. The fourth-order valence-corrected chi connectivity index (χ4v) is 1.78. The lowest BCUT2D eigenvalue weighted by Crippen LogP contribution is -2.13. The number of aliphatic hydroxyl groups excluding tert-OH is 1. The molecule has 0 heterocycles. The molecule has 3 nitrogen and oxygen atoms in total. The van der Waals surface area contributed by atoms with Crippen molar-refractivity contribution in [3.63, 3.8) is 0 Å². The number of aromatic hydroxyl groups is 2. The summed E-state index contributed by atoms with van der Waals surface area (Å²) in [6, 6.07) is 4.49. The van der Waals surface area contributed by atoms with E-state index in [1.165, 1.54) is 12.1 Å². The zero-order chi connectivity index (χ0) is 13.1. The van der Waals surface area contributed by atoms with Gasteiger partial charge in [0.1, 0.15) is 11.5 Å². The molecule has 3 heteroatoms. The van der Waals surface area contributed by atoms with Crippen LogP contribution < -0.4 is 0 Å². The molecule has 0 aliphatic rings. The van der Waals surface area contributed by atoms with E-state index in [2.05, 4.69) is 0 Å². The molecule has 0 bridgehead atoms. The second-order valence-electron chi connectivity index (χ2n) is 5.13. The molecular formula is C14H20O3. The highest BCUT2D eigenvalue weighted by molar-refractivity contribution is 5.40. The number of hydrogen-bond acceptors (Lipinski definition) is 3. The Morgan fingerprint density at radius 1 is 1.29 bits per heavy atom. The predicted molar refractivity (Wildman–Crippen MR) is 68.1 cm³/mol. The molecule has 0 fully saturated rings. The fraction of sp³-hybridized carbons (Fsp3) is 0.429. The number of hydrogen-bond donors (Lipinski definition) is 3. The van der Waals surface area contributed by atoms with Crippen LogP contribution in [0.2, 0.25) is 0 Å². The van der Waals surface area contributed by atoms with Crippen molar-refractivity contribution in [2.75, 3.05) is 6.61 Å². The Balaban J connectivity index is 2.88. The molecule has 0 aliphatic carbocycles. The Morgan fingerprint density at radius 3 is 2.53 bits per heavy atom. The van der Waals surface area contributed by atoms with E-state index in [0.29, 0.717) is 12.0 Å². The van der Waals surface area contributed by atoms with Crippen LogP contribution in [0.4, 0.5) is 0 Å². The van der Waals surface area contributed by atoms with Crippen LogP contribution in [0.5, 0.6) is 11.5 Å². The first-order valence-electron chi connectivity index (χ1n) is 5.64. The van der Waals surface area contributed by atoms with E-state index in [9.17, 15) is 15.3 Å². The van der Waals surface area contributed by atoms with Crippen LogP contribution in [0.1, 0.15) is 26.3 Å². The molecule has 0 amide bonds. The summed E-state index contributed by atoms with van der Waals surface area (Å²) in [7, 11) is 0. The molecule has 94 valence electrons. The molecule has 0 spiro atoms. The third kappa shape index (κ3) is 4.11. The highest BCUT2D eigenvalue weighted by atomic mass is 16.3. The summed E-state index contributed by atoms with van der Waals surface area (Å²) in [6.07, 6.45) is 2.54. The lowest BCUT2D eigenvalue weighted by molar-refractivity contribution is 0.199. The molecule has 0 radical (unpaired) electrons. The largest absolute Gasteiger partial charge is 0.508 e. The van der Waals surface area contributed by atoms with Gasteiger partial charge in [-0.25, -0.2) is 0 Å². The van der Waals surface area contributed by atoms with Crippen LogP contribution in [0.3, 0.4) is 0 Å². The Labute approximate surface area is 102 Å². The standard InChI is InChI=1S/C14H20O3/c1-10(8-14(2,3)9-15)6-11-7-12(16)4-5-13(11)17/h4-5,7-8,15-17H,6,9H2,1-3H3/b10-8+. The lowest BCUT2D eigenvalue weighted by Gasteiger charge is -2.18. The molecule has 0 atom stereocenters. The SMILES string of the molecule is C/C(=C\C(C)(C)CO)Cc1cc(O)ccc1O. The number of phenolic OH excluding ortho intramolecular Hbond substituents is 2. The molecule has 1 aromatic carbocycles.